The Morgan fingerprint density at radius 2 is 2.11 bits per heavy atom. The van der Waals surface area contributed by atoms with Crippen LogP contribution in [0.1, 0.15) is 12.0 Å². The van der Waals surface area contributed by atoms with Gasteiger partial charge in [-0.15, -0.1) is 0 Å². The van der Waals surface area contributed by atoms with Crippen LogP contribution in [0.15, 0.2) is 28.7 Å². The Kier molecular flexibility index (Phi) is 4.52. The van der Waals surface area contributed by atoms with Crippen molar-refractivity contribution in [1.29, 1.82) is 0 Å². The molecule has 1 saturated heterocycles. The topological polar surface area (TPSA) is 57.6 Å². The largest absolute Gasteiger partial charge is 0.480 e. The zero-order valence-electron chi connectivity index (χ0n) is 10.1. The van der Waals surface area contributed by atoms with Crippen LogP contribution in [0.5, 0.6) is 0 Å². The van der Waals surface area contributed by atoms with Crippen LogP contribution >= 0.6 is 28.6 Å². The summed E-state index contributed by atoms with van der Waals surface area (Å²) in [5, 5.41) is 9.26. The summed E-state index contributed by atoms with van der Waals surface area (Å²) in [5.74, 6) is -1.11. The minimum absolute atomic E-state index is 0.0701. The Morgan fingerprint density at radius 1 is 1.47 bits per heavy atom. The van der Waals surface area contributed by atoms with Crippen LogP contribution < -0.4 is 0 Å². The molecule has 0 radical (unpaired) electrons. The predicted octanol–water partition coefficient (Wildman–Crippen LogP) is 1.98. The first-order valence-electron chi connectivity index (χ1n) is 5.92. The van der Waals surface area contributed by atoms with Gasteiger partial charge in [-0.1, -0.05) is 28.1 Å². The molecule has 0 spiro atoms. The smallest absolute Gasteiger partial charge is 0.326 e. The van der Waals surface area contributed by atoms with E-state index in [0.717, 1.165) is 10.0 Å². The van der Waals surface area contributed by atoms with Crippen LogP contribution in [0.3, 0.4) is 0 Å². The van der Waals surface area contributed by atoms with E-state index >= 15 is 0 Å². The normalized spacial score (nSPS) is 20.6. The zero-order valence-corrected chi connectivity index (χ0v) is 12.6. The first-order chi connectivity index (χ1) is 8.97. The number of benzene rings is 1. The molecule has 102 valence electrons. The summed E-state index contributed by atoms with van der Waals surface area (Å²) in [4.78, 5) is 24.6. The Bertz CT molecular complexity index is 491. The molecule has 2 rings (SSSR count). The zero-order chi connectivity index (χ0) is 14.0. The molecule has 2 unspecified atom stereocenters. The van der Waals surface area contributed by atoms with Crippen molar-refractivity contribution in [2.45, 2.75) is 24.1 Å². The van der Waals surface area contributed by atoms with Crippen molar-refractivity contribution in [2.75, 3.05) is 6.54 Å². The van der Waals surface area contributed by atoms with Crippen LogP contribution in [0, 0.1) is 0 Å². The molecule has 4 nitrogen and oxygen atoms in total. The van der Waals surface area contributed by atoms with E-state index in [4.69, 9.17) is 0 Å². The number of aliphatic carboxylic acids is 1. The second-order valence-electron chi connectivity index (χ2n) is 4.59. The lowest BCUT2D eigenvalue weighted by Crippen LogP contribution is -2.43. The highest BCUT2D eigenvalue weighted by Crippen LogP contribution is 2.21. The van der Waals surface area contributed by atoms with Gasteiger partial charge < -0.3 is 10.0 Å². The van der Waals surface area contributed by atoms with E-state index in [0.29, 0.717) is 19.4 Å². The van der Waals surface area contributed by atoms with Crippen molar-refractivity contribution in [2.24, 2.45) is 0 Å². The fourth-order valence-electron chi connectivity index (χ4n) is 2.19. The fraction of sp³-hybridized carbons (Fsp3) is 0.385. The highest BCUT2D eigenvalue weighted by Gasteiger charge is 2.36. The monoisotopic (exact) mass is 343 g/mol. The lowest BCUT2D eigenvalue weighted by Gasteiger charge is -2.24. The molecule has 1 aliphatic rings. The fourth-order valence-corrected chi connectivity index (χ4v) is 2.78. The van der Waals surface area contributed by atoms with Gasteiger partial charge in [-0.25, -0.2) is 4.79 Å². The maximum absolute atomic E-state index is 11.8. The highest BCUT2D eigenvalue weighted by molar-refractivity contribution is 9.10. The molecule has 2 atom stereocenters. The Morgan fingerprint density at radius 3 is 2.58 bits per heavy atom. The van der Waals surface area contributed by atoms with Crippen LogP contribution in [0.2, 0.25) is 0 Å². The standard InChI is InChI=1S/C13H14BrNO3S/c14-9-3-1-8(2-4-9)5-11(13(17)18)15-7-10(19)6-12(15)16/h1-4,10-11,19H,5-7H2,(H,17,18). The van der Waals surface area contributed by atoms with Crippen molar-refractivity contribution in [1.82, 2.24) is 4.90 Å². The number of hydrogen-bond acceptors (Lipinski definition) is 3. The summed E-state index contributed by atoms with van der Waals surface area (Å²) in [7, 11) is 0. The summed E-state index contributed by atoms with van der Waals surface area (Å²) in [6, 6.07) is 6.63. The van der Waals surface area contributed by atoms with Gasteiger partial charge in [-0.3, -0.25) is 4.79 Å². The quantitative estimate of drug-likeness (QED) is 0.822. The first kappa shape index (κ1) is 14.4. The van der Waals surface area contributed by atoms with E-state index in [1.54, 1.807) is 0 Å². The minimum Gasteiger partial charge on any atom is -0.480 e. The van der Waals surface area contributed by atoms with E-state index in [9.17, 15) is 14.7 Å². The van der Waals surface area contributed by atoms with E-state index < -0.39 is 12.0 Å². The number of likely N-dealkylation sites (tertiary alicyclic amines) is 1. The molecule has 19 heavy (non-hydrogen) atoms. The first-order valence-corrected chi connectivity index (χ1v) is 7.23. The summed E-state index contributed by atoms with van der Waals surface area (Å²) in [5.41, 5.74) is 0.894. The third kappa shape index (κ3) is 3.51. The minimum atomic E-state index is -0.973. The molecule has 1 aromatic rings. The maximum atomic E-state index is 11.8. The number of hydrogen-bond donors (Lipinski definition) is 2. The maximum Gasteiger partial charge on any atom is 0.326 e. The third-order valence-corrected chi connectivity index (χ3v) is 4.02. The highest BCUT2D eigenvalue weighted by atomic mass is 79.9. The molecular weight excluding hydrogens is 330 g/mol. The van der Waals surface area contributed by atoms with Crippen molar-refractivity contribution in [3.05, 3.63) is 34.3 Å². The number of halogens is 1. The molecule has 1 heterocycles. The summed E-state index contributed by atoms with van der Waals surface area (Å²) in [6.07, 6.45) is 0.627. The van der Waals surface area contributed by atoms with E-state index in [1.165, 1.54) is 4.90 Å². The van der Waals surface area contributed by atoms with Crippen molar-refractivity contribution in [3.63, 3.8) is 0 Å². The van der Waals surface area contributed by atoms with Gasteiger partial charge in [0.05, 0.1) is 0 Å². The number of rotatable bonds is 4. The van der Waals surface area contributed by atoms with Crippen molar-refractivity contribution >= 4 is 40.4 Å². The van der Waals surface area contributed by atoms with Crippen molar-refractivity contribution in [3.8, 4) is 0 Å². The number of carboxylic acids is 1. The number of amides is 1. The Balaban J connectivity index is 2.15. The Labute approximate surface area is 125 Å². The second-order valence-corrected chi connectivity index (χ2v) is 6.23. The summed E-state index contributed by atoms with van der Waals surface area (Å²) < 4.78 is 0.941. The average molecular weight is 344 g/mol. The number of thiol groups is 1. The molecule has 1 amide bonds. The molecular formula is C13H14BrNO3S. The molecule has 0 aromatic heterocycles. The molecule has 1 aromatic carbocycles. The second kappa shape index (κ2) is 5.96. The number of nitrogens with zero attached hydrogens (tertiary/aromatic N) is 1. The van der Waals surface area contributed by atoms with Crippen LogP contribution in [0.25, 0.3) is 0 Å². The summed E-state index contributed by atoms with van der Waals surface area (Å²) >= 11 is 7.59. The molecule has 1 aliphatic heterocycles. The lowest BCUT2D eigenvalue weighted by atomic mass is 10.1. The molecule has 0 saturated carbocycles. The van der Waals surface area contributed by atoms with Gasteiger partial charge in [0.25, 0.3) is 0 Å². The van der Waals surface area contributed by atoms with Crippen LogP contribution in [-0.4, -0.2) is 39.7 Å². The average Bonchev–Trinajstić information content (AvgIpc) is 2.67. The summed E-state index contributed by atoms with van der Waals surface area (Å²) in [6.45, 7) is 0.398. The lowest BCUT2D eigenvalue weighted by molar-refractivity contribution is -0.148. The number of carboxylic acid groups (broad SMARTS) is 1. The van der Waals surface area contributed by atoms with E-state index in [2.05, 4.69) is 28.6 Å². The van der Waals surface area contributed by atoms with Gasteiger partial charge in [-0.2, -0.15) is 12.6 Å². The van der Waals surface area contributed by atoms with E-state index in [-0.39, 0.29) is 11.2 Å². The van der Waals surface area contributed by atoms with Crippen molar-refractivity contribution < 1.29 is 14.7 Å². The van der Waals surface area contributed by atoms with Gasteiger partial charge in [0.2, 0.25) is 5.91 Å². The van der Waals surface area contributed by atoms with Crippen LogP contribution in [0.4, 0.5) is 0 Å². The molecule has 1 fully saturated rings. The molecule has 6 heteroatoms. The molecule has 1 N–H and O–H groups in total. The predicted molar refractivity (Wildman–Crippen MR) is 78.4 cm³/mol. The van der Waals surface area contributed by atoms with Gasteiger partial charge in [0.15, 0.2) is 0 Å². The number of carbonyl (C=O) groups is 2. The van der Waals surface area contributed by atoms with Gasteiger partial charge >= 0.3 is 5.97 Å². The van der Waals surface area contributed by atoms with Gasteiger partial charge in [-0.05, 0) is 17.7 Å². The third-order valence-electron chi connectivity index (χ3n) is 3.14. The Hall–Kier alpha value is -1.01. The van der Waals surface area contributed by atoms with E-state index in [1.807, 2.05) is 24.3 Å². The SMILES string of the molecule is O=C(O)C(Cc1ccc(Br)cc1)N1CC(S)CC1=O. The van der Waals surface area contributed by atoms with Gasteiger partial charge in [0, 0.05) is 29.1 Å². The molecule has 0 bridgehead atoms. The van der Waals surface area contributed by atoms with Gasteiger partial charge in [0.1, 0.15) is 6.04 Å². The number of carbonyl (C=O) groups excluding carboxylic acids is 1. The molecule has 0 aliphatic carbocycles. The van der Waals surface area contributed by atoms with Crippen LogP contribution in [-0.2, 0) is 16.0 Å².